The Labute approximate surface area is 103 Å². The van der Waals surface area contributed by atoms with Gasteiger partial charge < -0.3 is 15.4 Å². The maximum absolute atomic E-state index is 11.7. The second-order valence-electron chi connectivity index (χ2n) is 3.60. The Morgan fingerprint density at radius 2 is 2.12 bits per heavy atom. The summed E-state index contributed by atoms with van der Waals surface area (Å²) < 4.78 is 5.42. The fourth-order valence-corrected chi connectivity index (χ4v) is 2.16. The van der Waals surface area contributed by atoms with Crippen LogP contribution in [0.5, 0.6) is 5.75 Å². The van der Waals surface area contributed by atoms with Crippen molar-refractivity contribution in [2.75, 3.05) is 17.7 Å². The van der Waals surface area contributed by atoms with Gasteiger partial charge in [-0.3, -0.25) is 4.79 Å². The smallest absolute Gasteiger partial charge is 0.267 e. The molecular formula is C10H10Cl2N2O2. The number of ether oxygens (including phenoxy) is 1. The standard InChI is InChI=1S/C10H10Cl2N2O2/c1-4-10(15)14(2)8-5(11)3-6(13)7(12)9(8)16-4/h3-4H,13H2,1-2H3. The number of fused-ring (bicyclic) bond motifs is 1. The van der Waals surface area contributed by atoms with Crippen molar-refractivity contribution >= 4 is 40.5 Å². The number of carbonyl (C=O) groups excluding carboxylic acids is 1. The first-order valence-electron chi connectivity index (χ1n) is 4.65. The van der Waals surface area contributed by atoms with Gasteiger partial charge in [0.25, 0.3) is 5.91 Å². The van der Waals surface area contributed by atoms with Crippen LogP contribution in [0.15, 0.2) is 6.07 Å². The predicted octanol–water partition coefficient (Wildman–Crippen LogP) is 2.32. The molecule has 0 saturated carbocycles. The summed E-state index contributed by atoms with van der Waals surface area (Å²) in [5.74, 6) is 0.191. The minimum absolute atomic E-state index is 0.171. The highest BCUT2D eigenvalue weighted by atomic mass is 35.5. The van der Waals surface area contributed by atoms with Gasteiger partial charge in [-0.2, -0.15) is 0 Å². The highest BCUT2D eigenvalue weighted by molar-refractivity contribution is 6.39. The molecule has 1 amide bonds. The van der Waals surface area contributed by atoms with Gasteiger partial charge in [-0.05, 0) is 13.0 Å². The fraction of sp³-hybridized carbons (Fsp3) is 0.300. The molecule has 0 fully saturated rings. The summed E-state index contributed by atoms with van der Waals surface area (Å²) in [5, 5.41) is 0.630. The first-order valence-corrected chi connectivity index (χ1v) is 5.40. The van der Waals surface area contributed by atoms with Crippen molar-refractivity contribution in [3.63, 3.8) is 0 Å². The molecule has 16 heavy (non-hydrogen) atoms. The minimum Gasteiger partial charge on any atom is -0.477 e. The average molecular weight is 261 g/mol. The maximum Gasteiger partial charge on any atom is 0.267 e. The molecule has 6 heteroatoms. The number of amides is 1. The van der Waals surface area contributed by atoms with Crippen molar-refractivity contribution in [1.82, 2.24) is 0 Å². The third-order valence-electron chi connectivity index (χ3n) is 2.48. The fourth-order valence-electron chi connectivity index (χ4n) is 1.64. The van der Waals surface area contributed by atoms with Gasteiger partial charge in [-0.25, -0.2) is 0 Å². The Hall–Kier alpha value is -1.13. The number of hydrogen-bond donors (Lipinski definition) is 1. The van der Waals surface area contributed by atoms with E-state index in [2.05, 4.69) is 0 Å². The number of nitrogen functional groups attached to an aromatic ring is 1. The zero-order chi connectivity index (χ0) is 12.0. The van der Waals surface area contributed by atoms with Crippen LogP contribution in [0.2, 0.25) is 10.0 Å². The predicted molar refractivity (Wildman–Crippen MR) is 64.4 cm³/mol. The Morgan fingerprint density at radius 3 is 2.75 bits per heavy atom. The molecule has 1 aliphatic rings. The number of benzene rings is 1. The molecule has 0 saturated heterocycles. The summed E-state index contributed by atoms with van der Waals surface area (Å²) in [4.78, 5) is 13.1. The van der Waals surface area contributed by atoms with Crippen LogP contribution in [-0.4, -0.2) is 19.1 Å². The molecule has 1 unspecified atom stereocenters. The Bertz CT molecular complexity index is 476. The van der Waals surface area contributed by atoms with Gasteiger partial charge in [-0.15, -0.1) is 0 Å². The van der Waals surface area contributed by atoms with Gasteiger partial charge in [0.2, 0.25) is 0 Å². The van der Waals surface area contributed by atoms with Crippen LogP contribution in [-0.2, 0) is 4.79 Å². The van der Waals surface area contributed by atoms with Crippen molar-refractivity contribution in [2.45, 2.75) is 13.0 Å². The number of likely N-dealkylation sites (N-methyl/N-ethyl adjacent to an activating group) is 1. The molecule has 1 atom stereocenters. The van der Waals surface area contributed by atoms with E-state index in [9.17, 15) is 4.79 Å². The lowest BCUT2D eigenvalue weighted by Gasteiger charge is -2.31. The van der Waals surface area contributed by atoms with Crippen LogP contribution in [0.25, 0.3) is 0 Å². The summed E-state index contributed by atoms with van der Waals surface area (Å²) in [5.41, 5.74) is 6.47. The molecule has 0 bridgehead atoms. The van der Waals surface area contributed by atoms with Gasteiger partial charge in [0.1, 0.15) is 10.7 Å². The maximum atomic E-state index is 11.7. The molecule has 2 rings (SSSR count). The molecule has 1 aliphatic heterocycles. The lowest BCUT2D eigenvalue weighted by atomic mass is 10.2. The lowest BCUT2D eigenvalue weighted by molar-refractivity contribution is -0.125. The minimum atomic E-state index is -0.590. The molecule has 0 aliphatic carbocycles. The molecule has 86 valence electrons. The Kier molecular flexibility index (Phi) is 2.64. The van der Waals surface area contributed by atoms with Crippen LogP contribution in [0.4, 0.5) is 11.4 Å². The van der Waals surface area contributed by atoms with Crippen molar-refractivity contribution < 1.29 is 9.53 Å². The van der Waals surface area contributed by atoms with Crippen LogP contribution >= 0.6 is 23.2 Å². The Morgan fingerprint density at radius 1 is 1.50 bits per heavy atom. The quantitative estimate of drug-likeness (QED) is 0.729. The topological polar surface area (TPSA) is 55.6 Å². The lowest BCUT2D eigenvalue weighted by Crippen LogP contribution is -2.42. The normalized spacial score (nSPS) is 19.4. The number of halogens is 2. The number of carbonyl (C=O) groups is 1. The molecule has 0 aromatic heterocycles. The number of hydrogen-bond acceptors (Lipinski definition) is 3. The highest BCUT2D eigenvalue weighted by Crippen LogP contribution is 2.46. The number of anilines is 2. The van der Waals surface area contributed by atoms with E-state index in [0.717, 1.165) is 0 Å². The largest absolute Gasteiger partial charge is 0.477 e. The van der Waals surface area contributed by atoms with E-state index in [1.54, 1.807) is 14.0 Å². The van der Waals surface area contributed by atoms with Gasteiger partial charge >= 0.3 is 0 Å². The second-order valence-corrected chi connectivity index (χ2v) is 4.38. The van der Waals surface area contributed by atoms with Crippen molar-refractivity contribution in [1.29, 1.82) is 0 Å². The summed E-state index contributed by atoms with van der Waals surface area (Å²) >= 11 is 12.0. The van der Waals surface area contributed by atoms with Crippen molar-refractivity contribution in [3.05, 3.63) is 16.1 Å². The number of nitrogens with zero attached hydrogens (tertiary/aromatic N) is 1. The zero-order valence-corrected chi connectivity index (χ0v) is 10.3. The van der Waals surface area contributed by atoms with Crippen LogP contribution in [0.1, 0.15) is 6.92 Å². The summed E-state index contributed by atoms with van der Waals surface area (Å²) in [6.07, 6.45) is -0.590. The second kappa shape index (κ2) is 3.71. The van der Waals surface area contributed by atoms with Gasteiger partial charge in [-0.1, -0.05) is 23.2 Å². The van der Waals surface area contributed by atoms with Crippen molar-refractivity contribution in [3.8, 4) is 5.75 Å². The molecule has 1 heterocycles. The van der Waals surface area contributed by atoms with Crippen molar-refractivity contribution in [2.24, 2.45) is 0 Å². The number of rotatable bonds is 0. The number of nitrogens with two attached hydrogens (primary N) is 1. The van der Waals surface area contributed by atoms with Gasteiger partial charge in [0, 0.05) is 7.05 Å². The van der Waals surface area contributed by atoms with Crippen LogP contribution in [0, 0.1) is 0 Å². The van der Waals surface area contributed by atoms with E-state index < -0.39 is 6.10 Å². The Balaban J connectivity index is 2.69. The summed E-state index contributed by atoms with van der Waals surface area (Å²) in [6, 6.07) is 1.51. The van der Waals surface area contributed by atoms with Crippen LogP contribution in [0.3, 0.4) is 0 Å². The SMILES string of the molecule is CC1Oc2c(Cl)c(N)cc(Cl)c2N(C)C1=O. The van der Waals surface area contributed by atoms with E-state index in [1.807, 2.05) is 0 Å². The van der Waals surface area contributed by atoms with Gasteiger partial charge in [0.15, 0.2) is 11.9 Å². The first-order chi connectivity index (χ1) is 7.43. The molecule has 1 aromatic rings. The highest BCUT2D eigenvalue weighted by Gasteiger charge is 2.33. The molecule has 0 radical (unpaired) electrons. The zero-order valence-electron chi connectivity index (χ0n) is 8.75. The van der Waals surface area contributed by atoms with E-state index in [4.69, 9.17) is 33.7 Å². The average Bonchev–Trinajstić information content (AvgIpc) is 2.22. The summed E-state index contributed by atoms with van der Waals surface area (Å²) in [6.45, 7) is 1.65. The van der Waals surface area contributed by atoms with Gasteiger partial charge in [0.05, 0.1) is 10.7 Å². The first kappa shape index (κ1) is 11.4. The molecular weight excluding hydrogens is 251 g/mol. The molecule has 4 nitrogen and oxygen atoms in total. The third kappa shape index (κ3) is 1.49. The third-order valence-corrected chi connectivity index (χ3v) is 3.16. The van der Waals surface area contributed by atoms with E-state index in [1.165, 1.54) is 11.0 Å². The van der Waals surface area contributed by atoms with E-state index >= 15 is 0 Å². The molecule has 2 N–H and O–H groups in total. The van der Waals surface area contributed by atoms with Crippen LogP contribution < -0.4 is 15.4 Å². The molecule has 0 spiro atoms. The van der Waals surface area contributed by atoms with E-state index in [0.29, 0.717) is 22.1 Å². The monoisotopic (exact) mass is 260 g/mol. The summed E-state index contributed by atoms with van der Waals surface area (Å²) in [7, 11) is 1.62. The molecule has 1 aromatic carbocycles. The van der Waals surface area contributed by atoms with E-state index in [-0.39, 0.29) is 10.9 Å².